The van der Waals surface area contributed by atoms with E-state index in [0.717, 1.165) is 31.6 Å². The SMILES string of the molecule is O=C(CCCN1CCN(C(=O)Nc2cccc(Cl)c2)CC1)c1ccccc1. The van der Waals surface area contributed by atoms with Gasteiger partial charge in [-0.25, -0.2) is 4.79 Å². The van der Waals surface area contributed by atoms with Crippen molar-refractivity contribution in [3.8, 4) is 0 Å². The molecule has 1 heterocycles. The Morgan fingerprint density at radius 2 is 1.70 bits per heavy atom. The summed E-state index contributed by atoms with van der Waals surface area (Å²) in [6.07, 6.45) is 1.39. The average molecular weight is 386 g/mol. The van der Waals surface area contributed by atoms with Gasteiger partial charge in [-0.3, -0.25) is 9.69 Å². The molecule has 0 saturated carbocycles. The molecule has 1 N–H and O–H groups in total. The zero-order valence-electron chi connectivity index (χ0n) is 15.2. The van der Waals surface area contributed by atoms with Crippen LogP contribution in [0, 0.1) is 0 Å². The Morgan fingerprint density at radius 3 is 2.41 bits per heavy atom. The molecular formula is C21H24ClN3O2. The Kier molecular flexibility index (Phi) is 6.85. The van der Waals surface area contributed by atoms with Crippen molar-refractivity contribution in [2.75, 3.05) is 38.0 Å². The summed E-state index contributed by atoms with van der Waals surface area (Å²) in [6.45, 7) is 3.88. The Bertz CT molecular complexity index is 774. The van der Waals surface area contributed by atoms with Crippen molar-refractivity contribution in [1.29, 1.82) is 0 Å². The Morgan fingerprint density at radius 1 is 0.963 bits per heavy atom. The van der Waals surface area contributed by atoms with Crippen LogP contribution >= 0.6 is 11.6 Å². The molecule has 0 unspecified atom stereocenters. The number of halogens is 1. The van der Waals surface area contributed by atoms with Gasteiger partial charge in [-0.05, 0) is 31.2 Å². The molecule has 2 aromatic rings. The number of carbonyl (C=O) groups is 2. The maximum absolute atomic E-state index is 12.4. The van der Waals surface area contributed by atoms with Crippen LogP contribution in [0.3, 0.4) is 0 Å². The van der Waals surface area contributed by atoms with Crippen LogP contribution in [0.2, 0.25) is 5.02 Å². The first-order valence-electron chi connectivity index (χ1n) is 9.24. The molecule has 0 spiro atoms. The number of benzene rings is 2. The Balaban J connectivity index is 1.37. The quantitative estimate of drug-likeness (QED) is 0.760. The van der Waals surface area contributed by atoms with Gasteiger partial charge in [0.25, 0.3) is 0 Å². The molecule has 27 heavy (non-hydrogen) atoms. The highest BCUT2D eigenvalue weighted by molar-refractivity contribution is 6.30. The Hall–Kier alpha value is -2.37. The predicted octanol–water partition coefficient (Wildman–Crippen LogP) is 4.15. The van der Waals surface area contributed by atoms with E-state index in [4.69, 9.17) is 11.6 Å². The maximum atomic E-state index is 12.4. The highest BCUT2D eigenvalue weighted by Gasteiger charge is 2.21. The smallest absolute Gasteiger partial charge is 0.321 e. The zero-order valence-corrected chi connectivity index (χ0v) is 16.0. The van der Waals surface area contributed by atoms with E-state index in [1.165, 1.54) is 0 Å². The fourth-order valence-corrected chi connectivity index (χ4v) is 3.37. The molecule has 2 aromatic carbocycles. The molecule has 1 aliphatic heterocycles. The van der Waals surface area contributed by atoms with Crippen molar-refractivity contribution in [1.82, 2.24) is 9.80 Å². The summed E-state index contributed by atoms with van der Waals surface area (Å²) in [5.41, 5.74) is 1.48. The normalized spacial score (nSPS) is 14.8. The number of piperazine rings is 1. The van der Waals surface area contributed by atoms with Gasteiger partial charge in [0.05, 0.1) is 0 Å². The standard InChI is InChI=1S/C21H24ClN3O2/c22-18-8-4-9-19(16-18)23-21(27)25-14-12-24(13-15-25)11-5-10-20(26)17-6-2-1-3-7-17/h1-4,6-9,16H,5,10-15H2,(H,23,27). The number of carbonyl (C=O) groups excluding carboxylic acids is 2. The highest BCUT2D eigenvalue weighted by atomic mass is 35.5. The van der Waals surface area contributed by atoms with Crippen LogP contribution in [0.15, 0.2) is 54.6 Å². The summed E-state index contributed by atoms with van der Waals surface area (Å²) in [7, 11) is 0. The molecule has 6 heteroatoms. The first kappa shape index (κ1) is 19.4. The topological polar surface area (TPSA) is 52.7 Å². The number of hydrogen-bond acceptors (Lipinski definition) is 3. The third kappa shape index (κ3) is 5.81. The maximum Gasteiger partial charge on any atom is 0.321 e. The fourth-order valence-electron chi connectivity index (χ4n) is 3.17. The number of rotatable bonds is 6. The third-order valence-corrected chi connectivity index (χ3v) is 4.94. The summed E-state index contributed by atoms with van der Waals surface area (Å²) >= 11 is 5.95. The fraction of sp³-hybridized carbons (Fsp3) is 0.333. The molecule has 3 rings (SSSR count). The van der Waals surface area contributed by atoms with Crippen LogP contribution in [-0.4, -0.2) is 54.3 Å². The molecule has 1 saturated heterocycles. The summed E-state index contributed by atoms with van der Waals surface area (Å²) in [6, 6.07) is 16.5. The minimum absolute atomic E-state index is 0.101. The number of hydrogen-bond donors (Lipinski definition) is 1. The molecule has 2 amide bonds. The molecule has 142 valence electrons. The molecule has 0 aromatic heterocycles. The second-order valence-corrected chi connectivity index (χ2v) is 7.10. The minimum Gasteiger partial charge on any atom is -0.322 e. The van der Waals surface area contributed by atoms with E-state index in [1.807, 2.05) is 47.4 Å². The minimum atomic E-state index is -0.101. The van der Waals surface area contributed by atoms with Crippen LogP contribution in [-0.2, 0) is 0 Å². The van der Waals surface area contributed by atoms with E-state index in [9.17, 15) is 9.59 Å². The van der Waals surface area contributed by atoms with Crippen molar-refractivity contribution in [2.45, 2.75) is 12.8 Å². The van der Waals surface area contributed by atoms with Gasteiger partial charge in [-0.1, -0.05) is 48.0 Å². The summed E-state index contributed by atoms with van der Waals surface area (Å²) in [5.74, 6) is 0.190. The number of Topliss-reactive ketones (excluding diaryl/α,β-unsaturated/α-hetero) is 1. The number of urea groups is 1. The van der Waals surface area contributed by atoms with Gasteiger partial charge in [-0.2, -0.15) is 0 Å². The third-order valence-electron chi connectivity index (χ3n) is 4.71. The second-order valence-electron chi connectivity index (χ2n) is 6.66. The average Bonchev–Trinajstić information content (AvgIpc) is 2.69. The number of amides is 2. The highest BCUT2D eigenvalue weighted by Crippen LogP contribution is 2.16. The first-order valence-corrected chi connectivity index (χ1v) is 9.62. The molecule has 0 atom stereocenters. The van der Waals surface area contributed by atoms with Crippen molar-refractivity contribution < 1.29 is 9.59 Å². The van der Waals surface area contributed by atoms with Crippen LogP contribution < -0.4 is 5.32 Å². The number of anilines is 1. The van der Waals surface area contributed by atoms with Gasteiger partial charge in [0.1, 0.15) is 0 Å². The van der Waals surface area contributed by atoms with Crippen molar-refractivity contribution in [2.24, 2.45) is 0 Å². The van der Waals surface area contributed by atoms with E-state index in [0.29, 0.717) is 30.2 Å². The summed E-state index contributed by atoms with van der Waals surface area (Å²) in [4.78, 5) is 28.6. The van der Waals surface area contributed by atoms with Crippen molar-refractivity contribution >= 4 is 29.1 Å². The molecule has 5 nitrogen and oxygen atoms in total. The van der Waals surface area contributed by atoms with Gasteiger partial charge in [0.15, 0.2) is 5.78 Å². The first-order chi connectivity index (χ1) is 13.1. The lowest BCUT2D eigenvalue weighted by molar-refractivity contribution is 0.0969. The van der Waals surface area contributed by atoms with E-state index >= 15 is 0 Å². The van der Waals surface area contributed by atoms with Gasteiger partial charge in [-0.15, -0.1) is 0 Å². The van der Waals surface area contributed by atoms with E-state index in [-0.39, 0.29) is 11.8 Å². The van der Waals surface area contributed by atoms with E-state index < -0.39 is 0 Å². The van der Waals surface area contributed by atoms with E-state index in [1.54, 1.807) is 12.1 Å². The lowest BCUT2D eigenvalue weighted by atomic mass is 10.1. The summed E-state index contributed by atoms with van der Waals surface area (Å²) in [5, 5.41) is 3.48. The van der Waals surface area contributed by atoms with Gasteiger partial charge < -0.3 is 10.2 Å². The van der Waals surface area contributed by atoms with Crippen molar-refractivity contribution in [3.63, 3.8) is 0 Å². The predicted molar refractivity (Wildman–Crippen MR) is 108 cm³/mol. The van der Waals surface area contributed by atoms with Crippen LogP contribution in [0.5, 0.6) is 0 Å². The summed E-state index contributed by atoms with van der Waals surface area (Å²) < 4.78 is 0. The van der Waals surface area contributed by atoms with Gasteiger partial charge >= 0.3 is 6.03 Å². The number of ketones is 1. The Labute approximate surface area is 164 Å². The monoisotopic (exact) mass is 385 g/mol. The van der Waals surface area contributed by atoms with Crippen LogP contribution in [0.1, 0.15) is 23.2 Å². The van der Waals surface area contributed by atoms with Gasteiger partial charge in [0, 0.05) is 48.9 Å². The molecular weight excluding hydrogens is 362 g/mol. The molecule has 0 radical (unpaired) electrons. The number of nitrogens with zero attached hydrogens (tertiary/aromatic N) is 2. The lowest BCUT2D eigenvalue weighted by Crippen LogP contribution is -2.50. The molecule has 1 fully saturated rings. The van der Waals surface area contributed by atoms with Gasteiger partial charge in [0.2, 0.25) is 0 Å². The van der Waals surface area contributed by atoms with Crippen LogP contribution in [0.4, 0.5) is 10.5 Å². The largest absolute Gasteiger partial charge is 0.322 e. The van der Waals surface area contributed by atoms with Crippen LogP contribution in [0.25, 0.3) is 0 Å². The molecule has 0 aliphatic carbocycles. The zero-order chi connectivity index (χ0) is 19.1. The molecule has 0 bridgehead atoms. The number of nitrogens with one attached hydrogen (secondary N) is 1. The lowest BCUT2D eigenvalue weighted by Gasteiger charge is -2.34. The van der Waals surface area contributed by atoms with Crippen molar-refractivity contribution in [3.05, 3.63) is 65.2 Å². The molecule has 1 aliphatic rings. The van der Waals surface area contributed by atoms with E-state index in [2.05, 4.69) is 10.2 Å². The second kappa shape index (κ2) is 9.53.